The molecule has 0 saturated carbocycles. The van der Waals surface area contributed by atoms with E-state index in [1.807, 2.05) is 6.92 Å². The molecule has 0 saturated heterocycles. The third-order valence-corrected chi connectivity index (χ3v) is 4.60. The van der Waals surface area contributed by atoms with E-state index < -0.39 is 10.0 Å². The Morgan fingerprint density at radius 2 is 2.00 bits per heavy atom. The zero-order chi connectivity index (χ0) is 14.9. The van der Waals surface area contributed by atoms with Crippen molar-refractivity contribution in [1.29, 1.82) is 0 Å². The van der Waals surface area contributed by atoms with E-state index in [0.29, 0.717) is 12.2 Å². The van der Waals surface area contributed by atoms with Gasteiger partial charge < -0.3 is 0 Å². The number of aryl methyl sites for hydroxylation is 2. The lowest BCUT2D eigenvalue weighted by Gasteiger charge is -2.25. The first-order chi connectivity index (χ1) is 9.36. The lowest BCUT2D eigenvalue weighted by molar-refractivity contribution is 0.546. The van der Waals surface area contributed by atoms with Gasteiger partial charge in [0, 0.05) is 19.3 Å². The van der Waals surface area contributed by atoms with Crippen LogP contribution in [0, 0.1) is 0 Å². The van der Waals surface area contributed by atoms with Crippen LogP contribution >= 0.6 is 0 Å². The molecule has 9 heteroatoms. The zero-order valence-corrected chi connectivity index (χ0v) is 12.7. The van der Waals surface area contributed by atoms with Crippen LogP contribution in [0.4, 0.5) is 5.69 Å². The molecule has 0 fully saturated rings. The zero-order valence-electron chi connectivity index (χ0n) is 11.9. The Kier molecular flexibility index (Phi) is 3.80. The summed E-state index contributed by atoms with van der Waals surface area (Å²) in [6, 6.07) is -0.254. The van der Waals surface area contributed by atoms with Crippen molar-refractivity contribution in [3.05, 3.63) is 18.6 Å². The number of hydrogen-bond donors (Lipinski definition) is 0. The van der Waals surface area contributed by atoms with E-state index in [0.717, 1.165) is 0 Å². The highest BCUT2D eigenvalue weighted by molar-refractivity contribution is 7.92. The maximum Gasteiger partial charge on any atom is 0.285 e. The summed E-state index contributed by atoms with van der Waals surface area (Å²) in [6.07, 6.45) is 4.44. The minimum Gasteiger partial charge on any atom is -0.274 e. The fourth-order valence-electron chi connectivity index (χ4n) is 1.89. The monoisotopic (exact) mass is 298 g/mol. The number of hydrogen-bond acceptors (Lipinski definition) is 5. The third kappa shape index (κ3) is 2.53. The fraction of sp³-hybridized carbons (Fsp3) is 0.545. The van der Waals surface area contributed by atoms with Crippen molar-refractivity contribution < 1.29 is 8.42 Å². The molecule has 0 amide bonds. The molecule has 0 aromatic carbocycles. The Labute approximate surface area is 118 Å². The maximum atomic E-state index is 12.7. The van der Waals surface area contributed by atoms with Gasteiger partial charge in [-0.15, -0.1) is 5.10 Å². The van der Waals surface area contributed by atoms with Crippen molar-refractivity contribution in [3.63, 3.8) is 0 Å². The van der Waals surface area contributed by atoms with Crippen molar-refractivity contribution in [2.75, 3.05) is 4.31 Å². The molecule has 8 nitrogen and oxygen atoms in total. The van der Waals surface area contributed by atoms with Crippen molar-refractivity contribution in [2.24, 2.45) is 7.05 Å². The van der Waals surface area contributed by atoms with E-state index in [1.165, 1.54) is 21.5 Å². The highest BCUT2D eigenvalue weighted by atomic mass is 32.2. The van der Waals surface area contributed by atoms with Gasteiger partial charge in [-0.3, -0.25) is 8.99 Å². The average molecular weight is 298 g/mol. The number of nitrogens with zero attached hydrogens (tertiary/aromatic N) is 6. The second-order valence-electron chi connectivity index (χ2n) is 4.64. The summed E-state index contributed by atoms with van der Waals surface area (Å²) in [5, 5.41) is 11.9. The molecule has 0 aliphatic rings. The third-order valence-electron chi connectivity index (χ3n) is 2.74. The summed E-state index contributed by atoms with van der Waals surface area (Å²) < 4.78 is 28.2. The van der Waals surface area contributed by atoms with Crippen LogP contribution in [0.2, 0.25) is 0 Å². The second-order valence-corrected chi connectivity index (χ2v) is 6.40. The number of sulfonamides is 1. The minimum absolute atomic E-state index is 0.0584. The van der Waals surface area contributed by atoms with Gasteiger partial charge in [0.1, 0.15) is 0 Å². The van der Waals surface area contributed by atoms with E-state index in [-0.39, 0.29) is 11.1 Å². The van der Waals surface area contributed by atoms with Gasteiger partial charge in [0.2, 0.25) is 5.03 Å². The summed E-state index contributed by atoms with van der Waals surface area (Å²) in [5.41, 5.74) is 0.508. The molecule has 2 aromatic heterocycles. The molecule has 2 aromatic rings. The van der Waals surface area contributed by atoms with E-state index in [9.17, 15) is 8.42 Å². The second kappa shape index (κ2) is 5.23. The molecule has 0 aliphatic carbocycles. The van der Waals surface area contributed by atoms with Gasteiger partial charge >= 0.3 is 0 Å². The van der Waals surface area contributed by atoms with Gasteiger partial charge in [-0.1, -0.05) is 0 Å². The first-order valence-electron chi connectivity index (χ1n) is 6.29. The number of anilines is 1. The molecule has 2 heterocycles. The highest BCUT2D eigenvalue weighted by Crippen LogP contribution is 2.24. The SMILES string of the molecule is CCn1ncc(S(=O)(=O)N(c2cnn(C)c2)C(C)C)n1. The van der Waals surface area contributed by atoms with Crippen molar-refractivity contribution in [1.82, 2.24) is 24.8 Å². The smallest absolute Gasteiger partial charge is 0.274 e. The Balaban J connectivity index is 2.47. The molecular formula is C11H18N6O2S. The molecule has 0 spiro atoms. The van der Waals surface area contributed by atoms with Crippen LogP contribution in [0.15, 0.2) is 23.6 Å². The van der Waals surface area contributed by atoms with Crippen molar-refractivity contribution in [3.8, 4) is 0 Å². The molecule has 2 rings (SSSR count). The van der Waals surface area contributed by atoms with Crippen molar-refractivity contribution >= 4 is 15.7 Å². The Morgan fingerprint density at radius 3 is 2.45 bits per heavy atom. The van der Waals surface area contributed by atoms with E-state index in [2.05, 4.69) is 15.3 Å². The molecule has 110 valence electrons. The summed E-state index contributed by atoms with van der Waals surface area (Å²) in [4.78, 5) is 1.34. The quantitative estimate of drug-likeness (QED) is 0.808. The van der Waals surface area contributed by atoms with Crippen LogP contribution in [0.5, 0.6) is 0 Å². The van der Waals surface area contributed by atoms with Crippen LogP contribution < -0.4 is 4.31 Å². The Morgan fingerprint density at radius 1 is 1.30 bits per heavy atom. The van der Waals surface area contributed by atoms with E-state index >= 15 is 0 Å². The topological polar surface area (TPSA) is 85.9 Å². The highest BCUT2D eigenvalue weighted by Gasteiger charge is 2.30. The predicted molar refractivity (Wildman–Crippen MR) is 73.7 cm³/mol. The number of aromatic nitrogens is 5. The molecule has 0 bridgehead atoms. The van der Waals surface area contributed by atoms with Gasteiger partial charge in [-0.05, 0) is 20.8 Å². The molecule has 0 N–H and O–H groups in total. The first-order valence-corrected chi connectivity index (χ1v) is 7.73. The van der Waals surface area contributed by atoms with Gasteiger partial charge in [0.25, 0.3) is 10.0 Å². The maximum absolute atomic E-state index is 12.7. The van der Waals surface area contributed by atoms with Crippen LogP contribution in [0.3, 0.4) is 0 Å². The summed E-state index contributed by atoms with van der Waals surface area (Å²) in [7, 11) is -2.01. The van der Waals surface area contributed by atoms with Gasteiger partial charge in [0.15, 0.2) is 0 Å². The summed E-state index contributed by atoms with van der Waals surface area (Å²) in [5.74, 6) is 0. The van der Waals surface area contributed by atoms with Gasteiger partial charge in [-0.25, -0.2) is 0 Å². The molecule has 0 unspecified atom stereocenters. The largest absolute Gasteiger partial charge is 0.285 e. The van der Waals surface area contributed by atoms with E-state index in [1.54, 1.807) is 31.8 Å². The van der Waals surface area contributed by atoms with Gasteiger partial charge in [-0.2, -0.15) is 23.4 Å². The Hall–Kier alpha value is -1.90. The first kappa shape index (κ1) is 14.5. The predicted octanol–water partition coefficient (Wildman–Crippen LogP) is 0.635. The average Bonchev–Trinajstić information content (AvgIpc) is 2.97. The van der Waals surface area contributed by atoms with Crippen LogP contribution in [0.25, 0.3) is 0 Å². The lowest BCUT2D eigenvalue weighted by atomic mass is 10.4. The Bertz CT molecular complexity index is 687. The van der Waals surface area contributed by atoms with Gasteiger partial charge in [0.05, 0.1) is 24.6 Å². The summed E-state index contributed by atoms with van der Waals surface area (Å²) >= 11 is 0. The molecule has 0 aliphatic heterocycles. The van der Waals surface area contributed by atoms with Crippen LogP contribution in [-0.4, -0.2) is 39.2 Å². The van der Waals surface area contributed by atoms with Crippen molar-refractivity contribution in [2.45, 2.75) is 38.4 Å². The minimum atomic E-state index is -3.74. The molecular weight excluding hydrogens is 280 g/mol. The van der Waals surface area contributed by atoms with Crippen LogP contribution in [0.1, 0.15) is 20.8 Å². The summed E-state index contributed by atoms with van der Waals surface area (Å²) in [6.45, 7) is 5.96. The normalized spacial score (nSPS) is 12.1. The lowest BCUT2D eigenvalue weighted by Crippen LogP contribution is -2.37. The standard InChI is InChI=1S/C11H18N6O2S/c1-5-16-13-7-11(14-16)20(18,19)17(9(2)3)10-6-12-15(4)8-10/h6-9H,5H2,1-4H3. The van der Waals surface area contributed by atoms with Crippen LogP contribution in [-0.2, 0) is 23.6 Å². The molecule has 20 heavy (non-hydrogen) atoms. The molecule has 0 radical (unpaired) electrons. The number of rotatable bonds is 5. The fourth-order valence-corrected chi connectivity index (χ4v) is 3.40. The molecule has 0 atom stereocenters. The van der Waals surface area contributed by atoms with E-state index in [4.69, 9.17) is 0 Å².